The summed E-state index contributed by atoms with van der Waals surface area (Å²) < 4.78 is 38.3. The number of primary amides is 1. The molecule has 1 aromatic rings. The van der Waals surface area contributed by atoms with Gasteiger partial charge in [0, 0.05) is 13.1 Å². The van der Waals surface area contributed by atoms with E-state index in [0.717, 1.165) is 13.1 Å². The Hall–Kier alpha value is -2.07. The molecule has 0 saturated carbocycles. The van der Waals surface area contributed by atoms with Crippen molar-refractivity contribution in [3.05, 3.63) is 33.6 Å². The number of carbonyl (C=O) groups is 1. The molecule has 0 spiro atoms. The van der Waals surface area contributed by atoms with Gasteiger partial charge in [-0.25, -0.2) is 8.42 Å². The van der Waals surface area contributed by atoms with Crippen molar-refractivity contribution in [2.45, 2.75) is 11.8 Å². The number of carbonyl (C=O) groups excluding carboxylic acids is 1. The number of amides is 1. The molecule has 0 radical (unpaired) electrons. The molecule has 2 N–H and O–H groups in total. The van der Waals surface area contributed by atoms with Gasteiger partial charge in [0.2, 0.25) is 21.7 Å². The smallest absolute Gasteiger partial charge is 0.306 e. The van der Waals surface area contributed by atoms with Crippen molar-refractivity contribution >= 4 is 21.6 Å². The molecule has 1 rings (SSSR count). The topological polar surface area (TPSA) is 124 Å². The van der Waals surface area contributed by atoms with Crippen LogP contribution in [0.1, 0.15) is 5.56 Å². The maximum atomic E-state index is 13.4. The standard InChI is InChI=1S/C10H12FN3O5S/c1-6-3-7(11)8(14(16)17)4-9(6)20(18,19)13(2)5-10(12)15/h3-4H,5H2,1-2H3,(H2,12,15). The van der Waals surface area contributed by atoms with E-state index < -0.39 is 43.8 Å². The van der Waals surface area contributed by atoms with Gasteiger partial charge in [-0.05, 0) is 18.6 Å². The summed E-state index contributed by atoms with van der Waals surface area (Å²) in [7, 11) is -3.08. The van der Waals surface area contributed by atoms with Crippen LogP contribution in [0, 0.1) is 22.9 Å². The van der Waals surface area contributed by atoms with Crippen molar-refractivity contribution in [1.29, 1.82) is 0 Å². The highest BCUT2D eigenvalue weighted by atomic mass is 32.2. The van der Waals surface area contributed by atoms with E-state index in [1.54, 1.807) is 0 Å². The zero-order chi connectivity index (χ0) is 15.7. The van der Waals surface area contributed by atoms with Crippen LogP contribution in [0.3, 0.4) is 0 Å². The summed E-state index contributed by atoms with van der Waals surface area (Å²) >= 11 is 0. The van der Waals surface area contributed by atoms with Crippen molar-refractivity contribution in [3.8, 4) is 0 Å². The molecular weight excluding hydrogens is 293 g/mol. The molecule has 0 aliphatic rings. The largest absolute Gasteiger partial charge is 0.369 e. The first-order valence-corrected chi connectivity index (χ1v) is 6.70. The SMILES string of the molecule is Cc1cc(F)c([N+](=O)[O-])cc1S(=O)(=O)N(C)CC(N)=O. The third-order valence-corrected chi connectivity index (χ3v) is 4.45. The van der Waals surface area contributed by atoms with Gasteiger partial charge >= 0.3 is 5.69 Å². The predicted octanol–water partition coefficient (Wildman–Crippen LogP) is 0.148. The Morgan fingerprint density at radius 3 is 2.50 bits per heavy atom. The van der Waals surface area contributed by atoms with Crippen molar-refractivity contribution in [2.24, 2.45) is 5.73 Å². The molecule has 0 unspecified atom stereocenters. The van der Waals surface area contributed by atoms with Crippen molar-refractivity contribution < 1.29 is 22.5 Å². The van der Waals surface area contributed by atoms with Crippen molar-refractivity contribution in [1.82, 2.24) is 4.31 Å². The van der Waals surface area contributed by atoms with Gasteiger partial charge in [0.25, 0.3) is 0 Å². The number of nitro benzene ring substituents is 1. The van der Waals surface area contributed by atoms with Crippen LogP contribution in [-0.4, -0.2) is 37.1 Å². The molecule has 10 heteroatoms. The van der Waals surface area contributed by atoms with E-state index in [4.69, 9.17) is 5.73 Å². The highest BCUT2D eigenvalue weighted by molar-refractivity contribution is 7.89. The zero-order valence-electron chi connectivity index (χ0n) is 10.7. The van der Waals surface area contributed by atoms with E-state index >= 15 is 0 Å². The summed E-state index contributed by atoms with van der Waals surface area (Å²) in [4.78, 5) is 19.9. The lowest BCUT2D eigenvalue weighted by molar-refractivity contribution is -0.387. The number of nitrogens with zero attached hydrogens (tertiary/aromatic N) is 2. The number of halogens is 1. The number of rotatable bonds is 5. The molecule has 20 heavy (non-hydrogen) atoms. The molecule has 110 valence electrons. The van der Waals surface area contributed by atoms with Crippen LogP contribution >= 0.6 is 0 Å². The normalized spacial score (nSPS) is 11.6. The van der Waals surface area contributed by atoms with Gasteiger partial charge in [0.1, 0.15) is 0 Å². The first-order valence-electron chi connectivity index (χ1n) is 5.26. The first-order chi connectivity index (χ1) is 9.07. The summed E-state index contributed by atoms with van der Waals surface area (Å²) in [5.41, 5.74) is 3.93. The molecule has 0 fully saturated rings. The number of hydrogen-bond acceptors (Lipinski definition) is 5. The summed E-state index contributed by atoms with van der Waals surface area (Å²) in [5.74, 6) is -2.02. The second-order valence-electron chi connectivity index (χ2n) is 4.05. The second-order valence-corrected chi connectivity index (χ2v) is 6.07. The van der Waals surface area contributed by atoms with Gasteiger partial charge in [-0.3, -0.25) is 14.9 Å². The van der Waals surface area contributed by atoms with Crippen LogP contribution in [0.25, 0.3) is 0 Å². The van der Waals surface area contributed by atoms with E-state index in [1.807, 2.05) is 0 Å². The monoisotopic (exact) mass is 305 g/mol. The van der Waals surface area contributed by atoms with Crippen LogP contribution < -0.4 is 5.73 Å². The predicted molar refractivity (Wildman–Crippen MR) is 66.8 cm³/mol. The van der Waals surface area contributed by atoms with Crippen molar-refractivity contribution in [3.63, 3.8) is 0 Å². The second kappa shape index (κ2) is 5.51. The summed E-state index contributed by atoms with van der Waals surface area (Å²) in [6.07, 6.45) is 0. The third-order valence-electron chi connectivity index (χ3n) is 2.51. The fraction of sp³-hybridized carbons (Fsp3) is 0.300. The minimum atomic E-state index is -4.18. The minimum Gasteiger partial charge on any atom is -0.369 e. The number of benzene rings is 1. The number of nitrogens with two attached hydrogens (primary N) is 1. The molecule has 1 amide bonds. The van der Waals surface area contributed by atoms with Gasteiger partial charge in [-0.2, -0.15) is 8.70 Å². The minimum absolute atomic E-state index is 0.00980. The number of nitro groups is 1. The Kier molecular flexibility index (Phi) is 4.40. The van der Waals surface area contributed by atoms with E-state index in [-0.39, 0.29) is 5.56 Å². The number of aryl methyl sites for hydroxylation is 1. The number of hydrogen-bond donors (Lipinski definition) is 1. The molecule has 0 aromatic heterocycles. The fourth-order valence-electron chi connectivity index (χ4n) is 1.53. The van der Waals surface area contributed by atoms with Gasteiger partial charge in [0.05, 0.1) is 16.4 Å². The average molecular weight is 305 g/mol. The highest BCUT2D eigenvalue weighted by Gasteiger charge is 2.28. The molecule has 0 heterocycles. The number of sulfonamides is 1. The van der Waals surface area contributed by atoms with Gasteiger partial charge in [-0.15, -0.1) is 0 Å². The highest BCUT2D eigenvalue weighted by Crippen LogP contribution is 2.26. The molecular formula is C10H12FN3O5S. The van der Waals surface area contributed by atoms with E-state index in [0.29, 0.717) is 10.4 Å². The Labute approximate surface area is 114 Å². The lowest BCUT2D eigenvalue weighted by Crippen LogP contribution is -2.35. The first kappa shape index (κ1) is 16.0. The summed E-state index contributed by atoms with van der Waals surface area (Å²) in [6.45, 7) is 0.699. The van der Waals surface area contributed by atoms with E-state index in [2.05, 4.69) is 0 Å². The summed E-state index contributed by atoms with van der Waals surface area (Å²) in [6, 6.07) is 1.38. The van der Waals surface area contributed by atoms with Crippen LogP contribution in [0.2, 0.25) is 0 Å². The van der Waals surface area contributed by atoms with Crippen LogP contribution in [-0.2, 0) is 14.8 Å². The molecule has 0 bridgehead atoms. The molecule has 0 aliphatic heterocycles. The van der Waals surface area contributed by atoms with Crippen molar-refractivity contribution in [2.75, 3.05) is 13.6 Å². The summed E-state index contributed by atoms with van der Waals surface area (Å²) in [5, 5.41) is 10.6. The van der Waals surface area contributed by atoms with E-state index in [9.17, 15) is 27.7 Å². The Morgan fingerprint density at radius 2 is 2.05 bits per heavy atom. The molecule has 0 aliphatic carbocycles. The Bertz CT molecular complexity index is 674. The molecule has 1 aromatic carbocycles. The molecule has 8 nitrogen and oxygen atoms in total. The van der Waals surface area contributed by atoms with Gasteiger partial charge in [-0.1, -0.05) is 0 Å². The van der Waals surface area contributed by atoms with Crippen LogP contribution in [0.5, 0.6) is 0 Å². The number of likely N-dealkylation sites (N-methyl/N-ethyl adjacent to an activating group) is 1. The Morgan fingerprint density at radius 1 is 1.50 bits per heavy atom. The van der Waals surface area contributed by atoms with Crippen LogP contribution in [0.15, 0.2) is 17.0 Å². The maximum absolute atomic E-state index is 13.4. The Balaban J connectivity index is 3.42. The van der Waals surface area contributed by atoms with Gasteiger partial charge < -0.3 is 5.73 Å². The average Bonchev–Trinajstić information content (AvgIpc) is 2.26. The fourth-order valence-corrected chi connectivity index (χ4v) is 2.89. The van der Waals surface area contributed by atoms with Gasteiger partial charge in [0.15, 0.2) is 0 Å². The molecule has 0 atom stereocenters. The quantitative estimate of drug-likeness (QED) is 0.612. The maximum Gasteiger partial charge on any atom is 0.306 e. The lowest BCUT2D eigenvalue weighted by atomic mass is 10.2. The van der Waals surface area contributed by atoms with Crippen LogP contribution in [0.4, 0.5) is 10.1 Å². The zero-order valence-corrected chi connectivity index (χ0v) is 11.5. The molecule has 0 saturated heterocycles. The van der Waals surface area contributed by atoms with E-state index in [1.165, 1.54) is 6.92 Å². The lowest BCUT2D eigenvalue weighted by Gasteiger charge is -2.16. The third kappa shape index (κ3) is 3.08.